The molecule has 0 aliphatic rings. The Hall–Kier alpha value is -1.63. The van der Waals surface area contributed by atoms with E-state index in [0.29, 0.717) is 25.7 Å². The Balaban J connectivity index is 4.27. The molecule has 2 atom stereocenters. The molecule has 0 rings (SSSR count). The third kappa shape index (κ3) is 31.6. The van der Waals surface area contributed by atoms with E-state index in [2.05, 4.69) is 38.2 Å². The van der Waals surface area contributed by atoms with Crippen LogP contribution in [0.4, 0.5) is 0 Å². The molecule has 0 saturated heterocycles. The molecule has 298 valence electrons. The Bertz CT molecular complexity index is 831. The Labute approximate surface area is 314 Å². The molecule has 0 spiro atoms. The van der Waals surface area contributed by atoms with E-state index in [9.17, 15) is 24.6 Å². The van der Waals surface area contributed by atoms with E-state index in [0.717, 1.165) is 83.5 Å². The molecule has 0 bridgehead atoms. The minimum absolute atomic E-state index is 0.199. The van der Waals surface area contributed by atoms with Gasteiger partial charge in [0.1, 0.15) is 23.8 Å². The molecular weight excluding hydrogens is 636 g/mol. The number of hydrogen-bond acceptors (Lipinski definition) is 6. The minimum Gasteiger partial charge on any atom is -0.394 e. The predicted molar refractivity (Wildman–Crippen MR) is 215 cm³/mol. The van der Waals surface area contributed by atoms with Crippen LogP contribution in [0.15, 0.2) is 24.3 Å². The smallest absolute Gasteiger partial charge is 0.164 e. The first-order valence-electron chi connectivity index (χ1n) is 21.7. The van der Waals surface area contributed by atoms with Crippen LogP contribution >= 0.6 is 0 Å². The average molecular weight is 719 g/mol. The van der Waals surface area contributed by atoms with Crippen molar-refractivity contribution in [3.63, 3.8) is 0 Å². The maximum absolute atomic E-state index is 13.2. The second kappa shape index (κ2) is 38.1. The van der Waals surface area contributed by atoms with Crippen molar-refractivity contribution < 1.29 is 29.7 Å². The lowest BCUT2D eigenvalue weighted by molar-refractivity contribution is -0.135. The molecule has 0 saturated carbocycles. The number of hydrogen-bond donors (Lipinski definition) is 3. The van der Waals surface area contributed by atoms with Gasteiger partial charge in [0.2, 0.25) is 0 Å². The van der Waals surface area contributed by atoms with Crippen LogP contribution in [0.3, 0.4) is 0 Å². The molecule has 0 aromatic carbocycles. The summed E-state index contributed by atoms with van der Waals surface area (Å²) < 4.78 is 0. The van der Waals surface area contributed by atoms with Crippen LogP contribution in [-0.2, 0) is 14.4 Å². The maximum atomic E-state index is 13.2. The van der Waals surface area contributed by atoms with E-state index in [-0.39, 0.29) is 23.9 Å². The fraction of sp³-hybridized carbons (Fsp3) is 0.844. The van der Waals surface area contributed by atoms with Gasteiger partial charge in [-0.15, -0.1) is 0 Å². The van der Waals surface area contributed by atoms with Crippen LogP contribution in [0.2, 0.25) is 0 Å². The summed E-state index contributed by atoms with van der Waals surface area (Å²) in [6.45, 7) is 3.89. The summed E-state index contributed by atoms with van der Waals surface area (Å²) in [6, 6.07) is 0. The molecule has 51 heavy (non-hydrogen) atoms. The molecule has 3 N–H and O–H groups in total. The highest BCUT2D eigenvalue weighted by atomic mass is 16.4. The minimum atomic E-state index is -1.48. The van der Waals surface area contributed by atoms with Crippen LogP contribution in [0, 0.1) is 5.92 Å². The fourth-order valence-electron chi connectivity index (χ4n) is 6.74. The Kier molecular flexibility index (Phi) is 36.9. The molecule has 2 unspecified atom stereocenters. The number of carbonyl (C=O) groups is 3. The van der Waals surface area contributed by atoms with Gasteiger partial charge in [0.25, 0.3) is 0 Å². The van der Waals surface area contributed by atoms with Gasteiger partial charge in [0, 0.05) is 19.3 Å². The molecule has 0 amide bonds. The lowest BCUT2D eigenvalue weighted by atomic mass is 9.87. The first kappa shape index (κ1) is 49.4. The van der Waals surface area contributed by atoms with Crippen LogP contribution in [-0.4, -0.2) is 51.5 Å². The quantitative estimate of drug-likeness (QED) is 0.0330. The maximum Gasteiger partial charge on any atom is 0.164 e. The van der Waals surface area contributed by atoms with Gasteiger partial charge in [-0.1, -0.05) is 167 Å². The van der Waals surface area contributed by atoms with Crippen LogP contribution in [0.1, 0.15) is 219 Å². The van der Waals surface area contributed by atoms with Crippen LogP contribution in [0.25, 0.3) is 0 Å². The van der Waals surface area contributed by atoms with Crippen molar-refractivity contribution in [2.45, 2.75) is 232 Å². The number of carbonyl (C=O) groups excluding carboxylic acids is 3. The van der Waals surface area contributed by atoms with Crippen molar-refractivity contribution in [2.24, 2.45) is 5.92 Å². The fourth-order valence-corrected chi connectivity index (χ4v) is 6.74. The van der Waals surface area contributed by atoms with Crippen molar-refractivity contribution in [2.75, 3.05) is 6.61 Å². The molecule has 0 aromatic heterocycles. The van der Waals surface area contributed by atoms with Crippen LogP contribution < -0.4 is 0 Å². The number of rotatable bonds is 40. The molecule has 0 radical (unpaired) electrons. The van der Waals surface area contributed by atoms with E-state index in [1.165, 1.54) is 89.9 Å². The standard InChI is InChI=1S/C45H82O6/c1-3-5-7-9-11-19-24-28-32-36-41(47)40(42(48)37-33-29-25-20-12-10-8-6-4-2)35-31-27-23-21-17-15-13-14-16-18-22-26-30-34-38-43(49)45(51)44(50)39-46/h13-14,17,21,40,44-46,50-51H,3-12,15-16,18-20,22-39H2,1-2H3/b14-13-,21-17-. The second-order valence-corrected chi connectivity index (χ2v) is 15.1. The van der Waals surface area contributed by atoms with Crippen LogP contribution in [0.5, 0.6) is 0 Å². The van der Waals surface area contributed by atoms with Gasteiger partial charge in [0.05, 0.1) is 12.5 Å². The van der Waals surface area contributed by atoms with Gasteiger partial charge in [-0.05, 0) is 57.8 Å². The SMILES string of the molecule is CCCCCCCCCCCC(=O)C(CCCC/C=C\C/C=C\CCCCCCCC(=O)C(O)C(O)CO)C(=O)CCCCCCCCCCC. The van der Waals surface area contributed by atoms with Gasteiger partial charge in [-0.2, -0.15) is 0 Å². The van der Waals surface area contributed by atoms with Gasteiger partial charge < -0.3 is 15.3 Å². The number of Topliss-reactive ketones (excluding diaryl/α,β-unsaturated/α-hetero) is 3. The van der Waals surface area contributed by atoms with Crippen molar-refractivity contribution in [3.05, 3.63) is 24.3 Å². The Morgan fingerprint density at radius 3 is 1.22 bits per heavy atom. The van der Waals surface area contributed by atoms with Crippen molar-refractivity contribution in [1.82, 2.24) is 0 Å². The summed E-state index contributed by atoms with van der Waals surface area (Å²) in [6.07, 6.45) is 40.0. The van der Waals surface area contributed by atoms with E-state index < -0.39 is 24.6 Å². The number of unbranched alkanes of at least 4 members (excludes halogenated alkanes) is 23. The number of allylic oxidation sites excluding steroid dienone is 4. The largest absolute Gasteiger partial charge is 0.394 e. The Morgan fingerprint density at radius 1 is 0.451 bits per heavy atom. The summed E-state index contributed by atoms with van der Waals surface area (Å²) in [5, 5.41) is 27.7. The Morgan fingerprint density at radius 2 is 0.804 bits per heavy atom. The molecule has 6 heteroatoms. The zero-order valence-corrected chi connectivity index (χ0v) is 33.4. The third-order valence-corrected chi connectivity index (χ3v) is 10.2. The number of ketones is 3. The molecule has 0 aromatic rings. The molecule has 0 aliphatic carbocycles. The van der Waals surface area contributed by atoms with E-state index >= 15 is 0 Å². The highest BCUT2D eigenvalue weighted by molar-refractivity contribution is 6.02. The molecule has 6 nitrogen and oxygen atoms in total. The lowest BCUT2D eigenvalue weighted by Gasteiger charge is -2.15. The van der Waals surface area contributed by atoms with Crippen molar-refractivity contribution in [1.29, 1.82) is 0 Å². The summed E-state index contributed by atoms with van der Waals surface area (Å²) in [4.78, 5) is 38.2. The van der Waals surface area contributed by atoms with E-state index in [1.807, 2.05) is 0 Å². The lowest BCUT2D eigenvalue weighted by Crippen LogP contribution is -2.36. The summed E-state index contributed by atoms with van der Waals surface area (Å²) in [5.41, 5.74) is 0. The van der Waals surface area contributed by atoms with Gasteiger partial charge >= 0.3 is 0 Å². The first-order valence-corrected chi connectivity index (χ1v) is 21.7. The van der Waals surface area contributed by atoms with Crippen molar-refractivity contribution in [3.8, 4) is 0 Å². The van der Waals surface area contributed by atoms with E-state index in [4.69, 9.17) is 5.11 Å². The zero-order chi connectivity index (χ0) is 37.6. The topological polar surface area (TPSA) is 112 Å². The third-order valence-electron chi connectivity index (χ3n) is 10.2. The first-order chi connectivity index (χ1) is 24.9. The second-order valence-electron chi connectivity index (χ2n) is 15.1. The molecular formula is C45H82O6. The monoisotopic (exact) mass is 719 g/mol. The average Bonchev–Trinajstić information content (AvgIpc) is 3.13. The normalized spacial score (nSPS) is 13.1. The molecule has 0 aliphatic heterocycles. The van der Waals surface area contributed by atoms with Gasteiger partial charge in [-0.25, -0.2) is 0 Å². The van der Waals surface area contributed by atoms with Crippen molar-refractivity contribution >= 4 is 17.3 Å². The summed E-state index contributed by atoms with van der Waals surface area (Å²) in [5.74, 6) is -0.392. The van der Waals surface area contributed by atoms with Gasteiger partial charge in [0.15, 0.2) is 5.78 Å². The molecule has 0 heterocycles. The van der Waals surface area contributed by atoms with Gasteiger partial charge in [-0.3, -0.25) is 14.4 Å². The highest BCUT2D eigenvalue weighted by Gasteiger charge is 2.25. The summed E-state index contributed by atoms with van der Waals surface area (Å²) >= 11 is 0. The predicted octanol–water partition coefficient (Wildman–Crippen LogP) is 11.7. The number of aliphatic hydroxyl groups is 3. The zero-order valence-electron chi connectivity index (χ0n) is 33.4. The highest BCUT2D eigenvalue weighted by Crippen LogP contribution is 2.21. The number of aliphatic hydroxyl groups excluding tert-OH is 3. The van der Waals surface area contributed by atoms with E-state index in [1.54, 1.807) is 0 Å². The summed E-state index contributed by atoms with van der Waals surface area (Å²) in [7, 11) is 0. The molecule has 0 fully saturated rings.